The highest BCUT2D eigenvalue weighted by Gasteiger charge is 2.13. The summed E-state index contributed by atoms with van der Waals surface area (Å²) >= 11 is 0. The quantitative estimate of drug-likeness (QED) is 0.742. The molecular formula is C16H20O2. The first-order valence-electron chi connectivity index (χ1n) is 6.92. The molecule has 1 aromatic carbocycles. The Bertz CT molecular complexity index is 435. The fourth-order valence-electron chi connectivity index (χ4n) is 2.82. The second kappa shape index (κ2) is 6.48. The molecule has 0 spiro atoms. The normalized spacial score (nSPS) is 16.7. The van der Waals surface area contributed by atoms with E-state index < -0.39 is 0 Å². The molecule has 2 nitrogen and oxygen atoms in total. The second-order valence-electron chi connectivity index (χ2n) is 5.06. The fourth-order valence-corrected chi connectivity index (χ4v) is 2.82. The third kappa shape index (κ3) is 2.87. The lowest BCUT2D eigenvalue weighted by Gasteiger charge is -2.15. The monoisotopic (exact) mass is 244 g/mol. The zero-order valence-corrected chi connectivity index (χ0v) is 10.8. The Morgan fingerprint density at radius 1 is 0.778 bits per heavy atom. The molecule has 0 amide bonds. The van der Waals surface area contributed by atoms with Crippen LogP contribution in [-0.4, -0.2) is 12.6 Å². The van der Waals surface area contributed by atoms with Gasteiger partial charge in [-0.1, -0.05) is 37.8 Å². The van der Waals surface area contributed by atoms with E-state index in [1.54, 1.807) is 6.07 Å². The third-order valence-electron chi connectivity index (χ3n) is 3.86. The van der Waals surface area contributed by atoms with Crippen molar-refractivity contribution in [3.63, 3.8) is 0 Å². The van der Waals surface area contributed by atoms with Crippen LogP contribution in [0.15, 0.2) is 12.1 Å². The van der Waals surface area contributed by atoms with E-state index in [1.165, 1.54) is 37.7 Å². The summed E-state index contributed by atoms with van der Waals surface area (Å²) in [4.78, 5) is 22.2. The van der Waals surface area contributed by atoms with Crippen molar-refractivity contribution in [1.82, 2.24) is 0 Å². The number of aryl methyl sites for hydroxylation is 1. The number of hydrogen-bond donors (Lipinski definition) is 0. The summed E-state index contributed by atoms with van der Waals surface area (Å²) in [6.45, 7) is 0. The van der Waals surface area contributed by atoms with Gasteiger partial charge in [0.1, 0.15) is 0 Å². The summed E-state index contributed by atoms with van der Waals surface area (Å²) < 4.78 is 0. The van der Waals surface area contributed by atoms with Crippen molar-refractivity contribution in [2.45, 2.75) is 51.4 Å². The minimum Gasteiger partial charge on any atom is -0.298 e. The smallest absolute Gasteiger partial charge is 0.151 e. The maximum absolute atomic E-state index is 11.3. The number of benzene rings is 1. The molecule has 1 aromatic rings. The number of fused-ring (bicyclic) bond motifs is 1. The SMILES string of the molecule is O=Cc1ccc2c(c1C=O)CCCCCCCC2. The molecule has 0 fully saturated rings. The molecular weight excluding hydrogens is 224 g/mol. The second-order valence-corrected chi connectivity index (χ2v) is 5.06. The van der Waals surface area contributed by atoms with Gasteiger partial charge in [0.25, 0.3) is 0 Å². The predicted octanol–water partition coefficient (Wildman–Crippen LogP) is 3.75. The maximum atomic E-state index is 11.3. The largest absolute Gasteiger partial charge is 0.298 e. The van der Waals surface area contributed by atoms with E-state index in [1.807, 2.05) is 6.07 Å². The van der Waals surface area contributed by atoms with Crippen LogP contribution < -0.4 is 0 Å². The lowest BCUT2D eigenvalue weighted by molar-refractivity contribution is 0.109. The first kappa shape index (κ1) is 13.0. The Morgan fingerprint density at radius 2 is 1.44 bits per heavy atom. The minimum atomic E-state index is 0.542. The van der Waals surface area contributed by atoms with Crippen LogP contribution in [0.5, 0.6) is 0 Å². The average Bonchev–Trinajstić information content (AvgIpc) is 2.42. The molecule has 96 valence electrons. The molecule has 0 atom stereocenters. The topological polar surface area (TPSA) is 34.1 Å². The van der Waals surface area contributed by atoms with Crippen molar-refractivity contribution in [3.8, 4) is 0 Å². The highest BCUT2D eigenvalue weighted by molar-refractivity contribution is 5.92. The third-order valence-corrected chi connectivity index (χ3v) is 3.86. The standard InChI is InChI=1S/C16H20O2/c17-11-14-10-9-13-7-5-3-1-2-4-6-8-15(13)16(14)12-18/h9-12H,1-8H2. The maximum Gasteiger partial charge on any atom is 0.151 e. The molecule has 0 bridgehead atoms. The van der Waals surface area contributed by atoms with Gasteiger partial charge < -0.3 is 0 Å². The molecule has 0 N–H and O–H groups in total. The number of carbonyl (C=O) groups is 2. The van der Waals surface area contributed by atoms with E-state index in [4.69, 9.17) is 0 Å². The molecule has 0 radical (unpaired) electrons. The van der Waals surface area contributed by atoms with E-state index in [-0.39, 0.29) is 0 Å². The van der Waals surface area contributed by atoms with Crippen molar-refractivity contribution in [1.29, 1.82) is 0 Å². The summed E-state index contributed by atoms with van der Waals surface area (Å²) in [6.07, 6.45) is 11.0. The van der Waals surface area contributed by atoms with E-state index in [9.17, 15) is 9.59 Å². The lowest BCUT2D eigenvalue weighted by Crippen LogP contribution is -2.05. The molecule has 1 aliphatic carbocycles. The van der Waals surface area contributed by atoms with Crippen molar-refractivity contribution in [2.24, 2.45) is 0 Å². The van der Waals surface area contributed by atoms with Crippen LogP contribution >= 0.6 is 0 Å². The number of carbonyl (C=O) groups excluding carboxylic acids is 2. The summed E-state index contributed by atoms with van der Waals surface area (Å²) in [7, 11) is 0. The Labute approximate surface area is 108 Å². The Hall–Kier alpha value is -1.44. The highest BCUT2D eigenvalue weighted by atomic mass is 16.1. The molecule has 2 rings (SSSR count). The Morgan fingerprint density at radius 3 is 2.11 bits per heavy atom. The molecule has 1 aliphatic rings. The van der Waals surface area contributed by atoms with E-state index in [0.29, 0.717) is 11.1 Å². The van der Waals surface area contributed by atoms with E-state index >= 15 is 0 Å². The predicted molar refractivity (Wildman–Crippen MR) is 72.3 cm³/mol. The number of aldehydes is 2. The van der Waals surface area contributed by atoms with Crippen LogP contribution in [0, 0.1) is 0 Å². The molecule has 2 heteroatoms. The van der Waals surface area contributed by atoms with Crippen molar-refractivity contribution in [3.05, 3.63) is 34.4 Å². The van der Waals surface area contributed by atoms with Gasteiger partial charge in [0, 0.05) is 11.1 Å². The molecule has 0 saturated carbocycles. The van der Waals surface area contributed by atoms with Crippen molar-refractivity contribution in [2.75, 3.05) is 0 Å². The van der Waals surface area contributed by atoms with Crippen LogP contribution in [0.3, 0.4) is 0 Å². The van der Waals surface area contributed by atoms with Gasteiger partial charge in [-0.3, -0.25) is 9.59 Å². The summed E-state index contributed by atoms with van der Waals surface area (Å²) in [5, 5.41) is 0. The van der Waals surface area contributed by atoms with Gasteiger partial charge in [0.05, 0.1) is 0 Å². The van der Waals surface area contributed by atoms with Crippen LogP contribution in [0.4, 0.5) is 0 Å². The molecule has 0 saturated heterocycles. The van der Waals surface area contributed by atoms with Crippen molar-refractivity contribution >= 4 is 12.6 Å². The lowest BCUT2D eigenvalue weighted by atomic mass is 9.89. The van der Waals surface area contributed by atoms with Gasteiger partial charge in [0.2, 0.25) is 0 Å². The summed E-state index contributed by atoms with van der Waals surface area (Å²) in [6, 6.07) is 3.83. The highest BCUT2D eigenvalue weighted by Crippen LogP contribution is 2.23. The van der Waals surface area contributed by atoms with Gasteiger partial charge in [-0.05, 0) is 36.8 Å². The Kier molecular flexibility index (Phi) is 4.68. The first-order chi connectivity index (χ1) is 8.86. The van der Waals surface area contributed by atoms with Gasteiger partial charge >= 0.3 is 0 Å². The van der Waals surface area contributed by atoms with Crippen LogP contribution in [0.25, 0.3) is 0 Å². The Balaban J connectivity index is 2.38. The van der Waals surface area contributed by atoms with Gasteiger partial charge in [-0.15, -0.1) is 0 Å². The van der Waals surface area contributed by atoms with Gasteiger partial charge in [-0.2, -0.15) is 0 Å². The van der Waals surface area contributed by atoms with E-state index in [2.05, 4.69) is 0 Å². The zero-order valence-electron chi connectivity index (χ0n) is 10.8. The van der Waals surface area contributed by atoms with Crippen molar-refractivity contribution < 1.29 is 9.59 Å². The zero-order chi connectivity index (χ0) is 12.8. The van der Waals surface area contributed by atoms with Gasteiger partial charge in [0.15, 0.2) is 12.6 Å². The van der Waals surface area contributed by atoms with E-state index in [0.717, 1.165) is 37.4 Å². The molecule has 0 aliphatic heterocycles. The van der Waals surface area contributed by atoms with Crippen LogP contribution in [-0.2, 0) is 12.8 Å². The molecule has 18 heavy (non-hydrogen) atoms. The van der Waals surface area contributed by atoms with Crippen LogP contribution in [0.1, 0.15) is 70.4 Å². The first-order valence-corrected chi connectivity index (χ1v) is 6.92. The molecule has 0 aromatic heterocycles. The summed E-state index contributed by atoms with van der Waals surface area (Å²) in [5.41, 5.74) is 3.56. The molecule has 0 heterocycles. The average molecular weight is 244 g/mol. The number of rotatable bonds is 2. The minimum absolute atomic E-state index is 0.542. The fraction of sp³-hybridized carbons (Fsp3) is 0.500. The number of hydrogen-bond acceptors (Lipinski definition) is 2. The van der Waals surface area contributed by atoms with Crippen LogP contribution in [0.2, 0.25) is 0 Å². The molecule has 0 unspecified atom stereocenters. The van der Waals surface area contributed by atoms with Gasteiger partial charge in [-0.25, -0.2) is 0 Å². The summed E-state index contributed by atoms with van der Waals surface area (Å²) in [5.74, 6) is 0.